The Hall–Kier alpha value is -1.89. The van der Waals surface area contributed by atoms with Crippen LogP contribution in [0, 0.1) is 6.20 Å². The lowest BCUT2D eigenvalue weighted by atomic mass is 10.2. The van der Waals surface area contributed by atoms with Gasteiger partial charge in [0.1, 0.15) is 0 Å². The van der Waals surface area contributed by atoms with Gasteiger partial charge in [0.05, 0.1) is 6.20 Å². The average molecular weight is 180 g/mol. The highest BCUT2D eigenvalue weighted by Gasteiger charge is 1.85. The molecule has 1 radical (unpaired) electrons. The van der Waals surface area contributed by atoms with Crippen LogP contribution in [0.5, 0.6) is 0 Å². The molecular weight excluding hydrogens is 170 g/mol. The Kier molecular flexibility index (Phi) is 2.72. The molecule has 1 heteroatoms. The van der Waals surface area contributed by atoms with Gasteiger partial charge < -0.3 is 0 Å². The largest absolute Gasteiger partial charge is 0.254 e. The molecule has 0 atom stereocenters. The predicted octanol–water partition coefficient (Wildman–Crippen LogP) is 3.05. The van der Waals surface area contributed by atoms with Gasteiger partial charge in [-0.25, -0.2) is 0 Å². The van der Waals surface area contributed by atoms with Crippen molar-refractivity contribution in [3.63, 3.8) is 0 Å². The van der Waals surface area contributed by atoms with Crippen molar-refractivity contribution in [2.24, 2.45) is 0 Å². The molecule has 2 aromatic rings. The van der Waals surface area contributed by atoms with E-state index in [0.717, 1.165) is 5.56 Å². The SMILES string of the molecule is [c]1ncccc1/C=C/c1ccccc1. The summed E-state index contributed by atoms with van der Waals surface area (Å²) in [5.41, 5.74) is 2.18. The number of hydrogen-bond donors (Lipinski definition) is 0. The predicted molar refractivity (Wildman–Crippen MR) is 58.4 cm³/mol. The molecule has 1 heterocycles. The van der Waals surface area contributed by atoms with Crippen LogP contribution in [0.2, 0.25) is 0 Å². The van der Waals surface area contributed by atoms with E-state index in [1.54, 1.807) is 6.20 Å². The zero-order valence-electron chi connectivity index (χ0n) is 7.72. The molecule has 2 rings (SSSR count). The van der Waals surface area contributed by atoms with Gasteiger partial charge in [0.25, 0.3) is 0 Å². The molecule has 0 spiro atoms. The molecule has 0 unspecified atom stereocenters. The fourth-order valence-corrected chi connectivity index (χ4v) is 1.18. The molecule has 0 fully saturated rings. The van der Waals surface area contributed by atoms with E-state index in [2.05, 4.69) is 23.3 Å². The number of nitrogens with zero attached hydrogens (tertiary/aromatic N) is 1. The molecule has 0 saturated carbocycles. The molecule has 0 aliphatic carbocycles. The van der Waals surface area contributed by atoms with E-state index in [1.807, 2.05) is 42.5 Å². The van der Waals surface area contributed by atoms with Gasteiger partial charge in [-0.3, -0.25) is 4.98 Å². The Labute approximate surface area is 83.7 Å². The smallest absolute Gasteiger partial charge is 0.0964 e. The van der Waals surface area contributed by atoms with Crippen molar-refractivity contribution in [2.75, 3.05) is 0 Å². The van der Waals surface area contributed by atoms with Gasteiger partial charge in [-0.05, 0) is 11.6 Å². The maximum Gasteiger partial charge on any atom is 0.0964 e. The first-order chi connectivity index (χ1) is 6.95. The van der Waals surface area contributed by atoms with E-state index in [9.17, 15) is 0 Å². The Bertz CT molecular complexity index is 362. The van der Waals surface area contributed by atoms with Crippen LogP contribution in [0.4, 0.5) is 0 Å². The molecule has 67 valence electrons. The fourth-order valence-electron chi connectivity index (χ4n) is 1.18. The van der Waals surface area contributed by atoms with Crippen molar-refractivity contribution in [1.82, 2.24) is 4.98 Å². The molecule has 0 aliphatic rings. The van der Waals surface area contributed by atoms with Gasteiger partial charge in [0.2, 0.25) is 0 Å². The van der Waals surface area contributed by atoms with E-state index >= 15 is 0 Å². The molecule has 1 aromatic carbocycles. The third kappa shape index (κ3) is 2.30. The molecule has 0 bridgehead atoms. The number of benzene rings is 1. The van der Waals surface area contributed by atoms with Gasteiger partial charge in [-0.2, -0.15) is 0 Å². The van der Waals surface area contributed by atoms with Crippen LogP contribution in [0.1, 0.15) is 11.1 Å². The van der Waals surface area contributed by atoms with Crippen LogP contribution in [0.15, 0.2) is 48.7 Å². The van der Waals surface area contributed by atoms with Crippen molar-refractivity contribution in [1.29, 1.82) is 0 Å². The van der Waals surface area contributed by atoms with Crippen molar-refractivity contribution < 1.29 is 0 Å². The molecular formula is C13H10N. The normalized spacial score (nSPS) is 10.6. The minimum atomic E-state index is 0.997. The first kappa shape index (κ1) is 8.70. The molecule has 0 saturated heterocycles. The highest BCUT2D eigenvalue weighted by Crippen LogP contribution is 2.05. The molecule has 14 heavy (non-hydrogen) atoms. The van der Waals surface area contributed by atoms with Gasteiger partial charge >= 0.3 is 0 Å². The maximum atomic E-state index is 3.92. The van der Waals surface area contributed by atoms with Crippen LogP contribution in [0.3, 0.4) is 0 Å². The number of aromatic nitrogens is 1. The topological polar surface area (TPSA) is 12.9 Å². The van der Waals surface area contributed by atoms with Gasteiger partial charge in [0, 0.05) is 11.8 Å². The van der Waals surface area contributed by atoms with E-state index in [4.69, 9.17) is 0 Å². The third-order valence-electron chi connectivity index (χ3n) is 1.88. The van der Waals surface area contributed by atoms with Crippen LogP contribution >= 0.6 is 0 Å². The second kappa shape index (κ2) is 4.38. The van der Waals surface area contributed by atoms with Crippen molar-refractivity contribution in [2.45, 2.75) is 0 Å². The standard InChI is InChI=1S/C13H10N/c1-2-5-12(6-3-1)8-9-13-7-4-10-14-11-13/h1-10H/b9-8+. The maximum absolute atomic E-state index is 3.92. The summed E-state index contributed by atoms with van der Waals surface area (Å²) in [4.78, 5) is 3.92. The van der Waals surface area contributed by atoms with E-state index in [1.165, 1.54) is 5.56 Å². The van der Waals surface area contributed by atoms with Crippen LogP contribution < -0.4 is 0 Å². The van der Waals surface area contributed by atoms with Crippen molar-refractivity contribution in [3.8, 4) is 0 Å². The monoisotopic (exact) mass is 180 g/mol. The first-order valence-corrected chi connectivity index (χ1v) is 4.51. The molecule has 1 nitrogen and oxygen atoms in total. The Morgan fingerprint density at radius 1 is 0.929 bits per heavy atom. The summed E-state index contributed by atoms with van der Waals surface area (Å²) in [6.45, 7) is 0. The summed E-state index contributed by atoms with van der Waals surface area (Å²) in [6, 6.07) is 14.1. The lowest BCUT2D eigenvalue weighted by Gasteiger charge is -1.91. The second-order valence-electron chi connectivity index (χ2n) is 2.95. The minimum Gasteiger partial charge on any atom is -0.254 e. The van der Waals surface area contributed by atoms with E-state index < -0.39 is 0 Å². The Morgan fingerprint density at radius 3 is 2.50 bits per heavy atom. The van der Waals surface area contributed by atoms with E-state index in [-0.39, 0.29) is 0 Å². The van der Waals surface area contributed by atoms with Gasteiger partial charge in [0.15, 0.2) is 0 Å². The summed E-state index contributed by atoms with van der Waals surface area (Å²) >= 11 is 0. The van der Waals surface area contributed by atoms with Crippen molar-refractivity contribution in [3.05, 3.63) is 66.0 Å². The lowest BCUT2D eigenvalue weighted by molar-refractivity contribution is 1.30. The fraction of sp³-hybridized carbons (Fsp3) is 0. The summed E-state index contributed by atoms with van der Waals surface area (Å²) < 4.78 is 0. The summed E-state index contributed by atoms with van der Waals surface area (Å²) in [5.74, 6) is 0. The summed E-state index contributed by atoms with van der Waals surface area (Å²) in [6.07, 6.45) is 8.68. The third-order valence-corrected chi connectivity index (χ3v) is 1.88. The van der Waals surface area contributed by atoms with Crippen molar-refractivity contribution >= 4 is 12.2 Å². The van der Waals surface area contributed by atoms with Crippen LogP contribution in [-0.4, -0.2) is 4.98 Å². The van der Waals surface area contributed by atoms with Crippen LogP contribution in [0.25, 0.3) is 12.2 Å². The first-order valence-electron chi connectivity index (χ1n) is 4.51. The van der Waals surface area contributed by atoms with E-state index in [0.29, 0.717) is 0 Å². The van der Waals surface area contributed by atoms with Gasteiger partial charge in [-0.15, -0.1) is 0 Å². The number of rotatable bonds is 2. The average Bonchev–Trinajstić information content (AvgIpc) is 2.29. The number of hydrogen-bond acceptors (Lipinski definition) is 1. The number of pyridine rings is 1. The molecule has 0 N–H and O–H groups in total. The zero-order chi connectivity index (χ0) is 9.64. The quantitative estimate of drug-likeness (QED) is 0.692. The highest BCUT2D eigenvalue weighted by atomic mass is 14.6. The van der Waals surface area contributed by atoms with Crippen LogP contribution in [-0.2, 0) is 0 Å². The summed E-state index contributed by atoms with van der Waals surface area (Å²) in [5, 5.41) is 0. The van der Waals surface area contributed by atoms with Gasteiger partial charge in [-0.1, -0.05) is 48.6 Å². The lowest BCUT2D eigenvalue weighted by Crippen LogP contribution is -1.74. The molecule has 1 aromatic heterocycles. The molecule has 0 aliphatic heterocycles. The highest BCUT2D eigenvalue weighted by molar-refractivity contribution is 5.68. The minimum absolute atomic E-state index is 0.997. The summed E-state index contributed by atoms with van der Waals surface area (Å²) in [7, 11) is 0. The Balaban J connectivity index is 2.16. The molecule has 0 amide bonds. The Morgan fingerprint density at radius 2 is 1.79 bits per heavy atom. The zero-order valence-corrected chi connectivity index (χ0v) is 7.72. The second-order valence-corrected chi connectivity index (χ2v) is 2.95.